The minimum Gasteiger partial charge on any atom is -0.369 e. The number of rotatable bonds is 5. The van der Waals surface area contributed by atoms with E-state index in [1.165, 1.54) is 24.3 Å². The first-order chi connectivity index (χ1) is 16.5. The fraction of sp³-hybridized carbons (Fsp3) is 0.348. The van der Waals surface area contributed by atoms with Crippen LogP contribution in [-0.4, -0.2) is 61.7 Å². The molecule has 35 heavy (non-hydrogen) atoms. The highest BCUT2D eigenvalue weighted by molar-refractivity contribution is 6.44. The number of likely N-dealkylation sites (N-methyl/N-ethyl adjacent to an activating group) is 1. The van der Waals surface area contributed by atoms with Crippen LogP contribution < -0.4 is 21.0 Å². The van der Waals surface area contributed by atoms with Crippen molar-refractivity contribution in [3.05, 3.63) is 53.8 Å². The zero-order chi connectivity index (χ0) is 25.3. The minimum atomic E-state index is -4.71. The number of alkyl halides is 3. The molecule has 1 saturated heterocycles. The van der Waals surface area contributed by atoms with Crippen LogP contribution in [0, 0.1) is 5.82 Å². The molecule has 1 atom stereocenters. The quantitative estimate of drug-likeness (QED) is 0.626. The highest BCUT2D eigenvalue weighted by atomic mass is 19.4. The highest BCUT2D eigenvalue weighted by Gasteiger charge is 2.38. The molecule has 2 aliphatic heterocycles. The van der Waals surface area contributed by atoms with Crippen LogP contribution >= 0.6 is 0 Å². The summed E-state index contributed by atoms with van der Waals surface area (Å²) in [5, 5.41) is 7.54. The Bertz CT molecular complexity index is 1140. The van der Waals surface area contributed by atoms with Crippen LogP contribution in [0.1, 0.15) is 12.0 Å². The van der Waals surface area contributed by atoms with Gasteiger partial charge in [-0.25, -0.2) is 4.39 Å². The summed E-state index contributed by atoms with van der Waals surface area (Å²) in [6.45, 7) is 2.63. The van der Waals surface area contributed by atoms with E-state index >= 15 is 0 Å². The van der Waals surface area contributed by atoms with E-state index in [0.29, 0.717) is 24.5 Å². The van der Waals surface area contributed by atoms with Crippen molar-refractivity contribution in [2.75, 3.05) is 48.5 Å². The van der Waals surface area contributed by atoms with Gasteiger partial charge in [0.25, 0.3) is 5.91 Å². The molecule has 186 valence electrons. The zero-order valence-corrected chi connectivity index (χ0v) is 18.8. The fourth-order valence-electron chi connectivity index (χ4n) is 4.03. The lowest BCUT2D eigenvalue weighted by Crippen LogP contribution is -2.44. The molecule has 1 fully saturated rings. The largest absolute Gasteiger partial charge is 0.418 e. The van der Waals surface area contributed by atoms with Crippen LogP contribution in [0.3, 0.4) is 0 Å². The summed E-state index contributed by atoms with van der Waals surface area (Å²) >= 11 is 0. The number of carbonyl (C=O) groups excluding carboxylic acids is 2. The van der Waals surface area contributed by atoms with Crippen LogP contribution in [0.15, 0.2) is 47.6 Å². The first-order valence-corrected chi connectivity index (χ1v) is 10.9. The summed E-state index contributed by atoms with van der Waals surface area (Å²) in [5.74, 6) is -2.18. The molecule has 2 aromatic rings. The summed E-state index contributed by atoms with van der Waals surface area (Å²) in [4.78, 5) is 28.7. The van der Waals surface area contributed by atoms with Crippen molar-refractivity contribution in [1.29, 1.82) is 0 Å². The number of anilines is 3. The van der Waals surface area contributed by atoms with Gasteiger partial charge in [-0.2, -0.15) is 18.3 Å². The third-order valence-electron chi connectivity index (χ3n) is 6.02. The smallest absolute Gasteiger partial charge is 0.369 e. The SMILES string of the molecule is CN1CCN(c2ccc(NC(=O)C3=NN(c4ccc(F)cc4)C(C(N)=O)C3)c(C(F)(F)F)c2)CC1. The average molecular weight is 492 g/mol. The number of benzene rings is 2. The maximum Gasteiger partial charge on any atom is 0.418 e. The molecule has 0 spiro atoms. The van der Waals surface area contributed by atoms with Gasteiger partial charge in [0.2, 0.25) is 5.91 Å². The van der Waals surface area contributed by atoms with E-state index in [9.17, 15) is 27.2 Å². The molecular formula is C23H24F4N6O2. The highest BCUT2D eigenvalue weighted by Crippen LogP contribution is 2.38. The summed E-state index contributed by atoms with van der Waals surface area (Å²) in [7, 11) is 1.95. The number of hydrazone groups is 1. The van der Waals surface area contributed by atoms with Crippen LogP contribution in [0.4, 0.5) is 34.6 Å². The third-order valence-corrected chi connectivity index (χ3v) is 6.02. The molecule has 0 radical (unpaired) electrons. The summed E-state index contributed by atoms with van der Waals surface area (Å²) in [6, 6.07) is 7.74. The van der Waals surface area contributed by atoms with Crippen molar-refractivity contribution in [1.82, 2.24) is 4.90 Å². The number of hydrogen-bond acceptors (Lipinski definition) is 6. The van der Waals surface area contributed by atoms with E-state index < -0.39 is 41.1 Å². The molecular weight excluding hydrogens is 468 g/mol. The number of nitrogens with two attached hydrogens (primary N) is 1. The third kappa shape index (κ3) is 5.37. The first kappa shape index (κ1) is 24.5. The Morgan fingerprint density at radius 1 is 1.03 bits per heavy atom. The second-order valence-corrected chi connectivity index (χ2v) is 8.46. The topological polar surface area (TPSA) is 94.3 Å². The predicted molar refractivity (Wildman–Crippen MR) is 124 cm³/mol. The standard InChI is InChI=1S/C23H24F4N6O2/c1-31-8-10-32(11-9-31)16-6-7-18(17(12-16)23(25,26)27)29-22(35)19-13-20(21(28)34)33(30-19)15-4-2-14(24)3-5-15/h2-7,12,20H,8-11,13H2,1H3,(H2,28,34)(H,29,35). The van der Waals surface area contributed by atoms with Crippen molar-refractivity contribution in [2.24, 2.45) is 10.8 Å². The van der Waals surface area contributed by atoms with Crippen molar-refractivity contribution >= 4 is 34.6 Å². The Hall–Kier alpha value is -3.67. The van der Waals surface area contributed by atoms with Crippen molar-refractivity contribution in [3.63, 3.8) is 0 Å². The molecule has 8 nitrogen and oxygen atoms in total. The van der Waals surface area contributed by atoms with E-state index in [2.05, 4.69) is 15.3 Å². The van der Waals surface area contributed by atoms with Crippen LogP contribution in [0.5, 0.6) is 0 Å². The molecule has 4 rings (SSSR count). The summed E-state index contributed by atoms with van der Waals surface area (Å²) in [6.07, 6.45) is -4.92. The maximum absolute atomic E-state index is 13.9. The van der Waals surface area contributed by atoms with E-state index in [0.717, 1.165) is 36.3 Å². The second-order valence-electron chi connectivity index (χ2n) is 8.46. The molecule has 2 aromatic carbocycles. The lowest BCUT2D eigenvalue weighted by Gasteiger charge is -2.34. The van der Waals surface area contributed by atoms with Gasteiger partial charge in [-0.1, -0.05) is 0 Å². The number of carbonyl (C=O) groups is 2. The van der Waals surface area contributed by atoms with Crippen LogP contribution in [-0.2, 0) is 15.8 Å². The Labute approximate surface area is 199 Å². The Morgan fingerprint density at radius 3 is 2.26 bits per heavy atom. The van der Waals surface area contributed by atoms with E-state index in [-0.39, 0.29) is 12.1 Å². The van der Waals surface area contributed by atoms with E-state index in [4.69, 9.17) is 5.73 Å². The van der Waals surface area contributed by atoms with Gasteiger partial charge in [0.05, 0.1) is 16.9 Å². The molecule has 2 heterocycles. The van der Waals surface area contributed by atoms with Gasteiger partial charge >= 0.3 is 6.18 Å². The van der Waals surface area contributed by atoms with Gasteiger partial charge < -0.3 is 20.9 Å². The van der Waals surface area contributed by atoms with Gasteiger partial charge in [-0.3, -0.25) is 14.6 Å². The monoisotopic (exact) mass is 492 g/mol. The molecule has 1 unspecified atom stereocenters. The fourth-order valence-corrected chi connectivity index (χ4v) is 4.03. The number of amides is 2. The summed E-state index contributed by atoms with van der Waals surface area (Å²) in [5.41, 5.74) is 4.58. The van der Waals surface area contributed by atoms with E-state index in [1.54, 1.807) is 0 Å². The molecule has 12 heteroatoms. The Morgan fingerprint density at radius 2 is 1.66 bits per heavy atom. The van der Waals surface area contributed by atoms with Crippen molar-refractivity contribution in [2.45, 2.75) is 18.6 Å². The van der Waals surface area contributed by atoms with Crippen LogP contribution in [0.25, 0.3) is 0 Å². The second kappa shape index (κ2) is 9.53. The lowest BCUT2D eigenvalue weighted by atomic mass is 10.1. The number of halogens is 4. The van der Waals surface area contributed by atoms with Gasteiger partial charge in [-0.15, -0.1) is 0 Å². The number of nitrogens with one attached hydrogen (secondary N) is 1. The Kier molecular flexibility index (Phi) is 6.66. The predicted octanol–water partition coefficient (Wildman–Crippen LogP) is 2.66. The van der Waals surface area contributed by atoms with Gasteiger partial charge in [-0.05, 0) is 49.5 Å². The summed E-state index contributed by atoms with van der Waals surface area (Å²) < 4.78 is 54.9. The average Bonchev–Trinajstić information content (AvgIpc) is 3.26. The van der Waals surface area contributed by atoms with Gasteiger partial charge in [0.1, 0.15) is 17.6 Å². The number of hydrogen-bond donors (Lipinski definition) is 2. The van der Waals surface area contributed by atoms with Gasteiger partial charge in [0, 0.05) is 38.3 Å². The molecule has 0 bridgehead atoms. The minimum absolute atomic E-state index is 0.172. The molecule has 3 N–H and O–H groups in total. The molecule has 0 aromatic heterocycles. The Balaban J connectivity index is 1.58. The van der Waals surface area contributed by atoms with E-state index in [1.807, 2.05) is 11.9 Å². The molecule has 2 aliphatic rings. The van der Waals surface area contributed by atoms with Crippen molar-refractivity contribution < 1.29 is 27.2 Å². The maximum atomic E-state index is 13.9. The number of piperazine rings is 1. The number of primary amides is 1. The van der Waals surface area contributed by atoms with Crippen molar-refractivity contribution in [3.8, 4) is 0 Å². The zero-order valence-electron chi connectivity index (χ0n) is 18.8. The molecule has 0 saturated carbocycles. The normalized spacial score (nSPS) is 19.0. The lowest BCUT2D eigenvalue weighted by molar-refractivity contribution is -0.137. The molecule has 0 aliphatic carbocycles. The molecule has 2 amide bonds. The number of nitrogens with zero attached hydrogens (tertiary/aromatic N) is 4. The van der Waals surface area contributed by atoms with Crippen LogP contribution in [0.2, 0.25) is 0 Å². The first-order valence-electron chi connectivity index (χ1n) is 10.9. The van der Waals surface area contributed by atoms with Gasteiger partial charge in [0.15, 0.2) is 0 Å².